The number of nitriles is 1. The van der Waals surface area contributed by atoms with E-state index in [0.717, 1.165) is 0 Å². The summed E-state index contributed by atoms with van der Waals surface area (Å²) in [5, 5.41) is 66.4. The first-order chi connectivity index (χ1) is 18.8. The zero-order chi connectivity index (χ0) is 27.7. The van der Waals surface area contributed by atoms with Crippen LogP contribution in [0.15, 0.2) is 60.0 Å². The van der Waals surface area contributed by atoms with E-state index < -0.39 is 37.3 Å². The summed E-state index contributed by atoms with van der Waals surface area (Å²) < 4.78 is 13.9. The summed E-state index contributed by atoms with van der Waals surface area (Å²) in [6, 6.07) is 15.6. The summed E-state index contributed by atoms with van der Waals surface area (Å²) in [4.78, 5) is 4.46. The van der Waals surface area contributed by atoms with Gasteiger partial charge in [0.1, 0.15) is 36.5 Å². The molecule has 39 heavy (non-hydrogen) atoms. The third-order valence-corrected chi connectivity index (χ3v) is 6.34. The minimum Gasteiger partial charge on any atom is -0.462 e. The largest absolute Gasteiger partial charge is 0.462 e. The highest BCUT2D eigenvalue weighted by molar-refractivity contribution is 5.80. The first-order valence-electron chi connectivity index (χ1n) is 11.9. The maximum Gasteiger partial charge on any atom is 0.229 e. The molecule has 5 unspecified atom stereocenters. The Hall–Kier alpha value is -4.45. The number of aryl methyl sites for hydroxylation is 1. The molecule has 5 rings (SSSR count). The van der Waals surface area contributed by atoms with Gasteiger partial charge in [-0.2, -0.15) is 15.5 Å². The van der Waals surface area contributed by atoms with Gasteiger partial charge in [0.25, 0.3) is 0 Å². The minimum absolute atomic E-state index is 0.0937. The summed E-state index contributed by atoms with van der Waals surface area (Å²) >= 11 is 0. The van der Waals surface area contributed by atoms with Crippen molar-refractivity contribution in [1.82, 2.24) is 19.4 Å². The fourth-order valence-electron chi connectivity index (χ4n) is 4.20. The molecular formula is C26H25N7O6. The van der Waals surface area contributed by atoms with Crippen LogP contribution in [0.5, 0.6) is 5.75 Å². The summed E-state index contributed by atoms with van der Waals surface area (Å²) in [6.07, 6.45) is -3.92. The molecule has 2 aromatic heterocycles. The van der Waals surface area contributed by atoms with Crippen LogP contribution in [0.3, 0.4) is 0 Å². The van der Waals surface area contributed by atoms with E-state index in [0.29, 0.717) is 39.3 Å². The SMILES string of the molecule is Cc1nn(-c2ccc(C#N)cc2)c2ncn(/N=C\c3ccc(OC4OC(CO)C(O)C(O)C4O)cc3)c(=N)c12. The smallest absolute Gasteiger partial charge is 0.229 e. The minimum atomic E-state index is -1.53. The third-order valence-electron chi connectivity index (χ3n) is 6.34. The predicted octanol–water partition coefficient (Wildman–Crippen LogP) is -0.0575. The number of aromatic nitrogens is 4. The molecule has 0 saturated carbocycles. The Kier molecular flexibility index (Phi) is 7.20. The standard InChI is InChI=1S/C26H25N7O6/c1-14-20-24(28)32(13-29-25(20)33(31-14)17-6-2-15(10-27)3-7-17)30-11-16-4-8-18(9-5-16)38-26-23(37)22(36)21(35)19(12-34)39-26/h2-9,11,13,19,21-23,26,28,34-37H,12H2,1H3/b28-24?,30-11-. The van der Waals surface area contributed by atoms with Crippen LogP contribution in [0.25, 0.3) is 16.7 Å². The second-order valence-electron chi connectivity index (χ2n) is 8.92. The Labute approximate surface area is 221 Å². The van der Waals surface area contributed by atoms with Gasteiger partial charge in [-0.1, -0.05) is 0 Å². The van der Waals surface area contributed by atoms with Crippen LogP contribution in [0.1, 0.15) is 16.8 Å². The molecule has 13 heteroatoms. The Balaban J connectivity index is 1.33. The molecule has 13 nitrogen and oxygen atoms in total. The first kappa shape index (κ1) is 26.2. The summed E-state index contributed by atoms with van der Waals surface area (Å²) in [5.41, 5.74) is 3.10. The number of ether oxygens (including phenoxy) is 2. The molecule has 1 aliphatic heterocycles. The van der Waals surface area contributed by atoms with Gasteiger partial charge >= 0.3 is 0 Å². The van der Waals surface area contributed by atoms with Gasteiger partial charge in [0.2, 0.25) is 6.29 Å². The number of hydrogen-bond donors (Lipinski definition) is 5. The maximum absolute atomic E-state index is 10.1. The Bertz CT molecular complexity index is 1610. The fraction of sp³-hybridized carbons (Fsp3) is 0.269. The van der Waals surface area contributed by atoms with Crippen molar-refractivity contribution in [1.29, 1.82) is 10.7 Å². The average Bonchev–Trinajstić information content (AvgIpc) is 3.30. The van der Waals surface area contributed by atoms with Crippen molar-refractivity contribution in [3.63, 3.8) is 0 Å². The summed E-state index contributed by atoms with van der Waals surface area (Å²) in [6.45, 7) is 1.23. The van der Waals surface area contributed by atoms with E-state index in [2.05, 4.69) is 21.3 Å². The number of aliphatic hydroxyl groups excluding tert-OH is 4. The van der Waals surface area contributed by atoms with E-state index in [-0.39, 0.29) is 5.49 Å². The highest BCUT2D eigenvalue weighted by atomic mass is 16.7. The molecule has 5 N–H and O–H groups in total. The molecule has 5 atom stereocenters. The normalized spacial score (nSPS) is 23.2. The Morgan fingerprint density at radius 3 is 2.49 bits per heavy atom. The van der Waals surface area contributed by atoms with Crippen molar-refractivity contribution < 1.29 is 29.9 Å². The Morgan fingerprint density at radius 1 is 1.10 bits per heavy atom. The average molecular weight is 532 g/mol. The van der Waals surface area contributed by atoms with Crippen molar-refractivity contribution in [2.24, 2.45) is 5.10 Å². The van der Waals surface area contributed by atoms with Crippen molar-refractivity contribution in [3.8, 4) is 17.5 Å². The molecule has 1 saturated heterocycles. The molecule has 200 valence electrons. The van der Waals surface area contributed by atoms with Crippen LogP contribution in [0, 0.1) is 23.7 Å². The van der Waals surface area contributed by atoms with Gasteiger partial charge in [-0.05, 0) is 61.0 Å². The van der Waals surface area contributed by atoms with Gasteiger partial charge in [0.05, 0.1) is 41.2 Å². The van der Waals surface area contributed by atoms with E-state index in [1.165, 1.54) is 17.2 Å². The van der Waals surface area contributed by atoms with Gasteiger partial charge in [-0.25, -0.2) is 14.3 Å². The van der Waals surface area contributed by atoms with Crippen molar-refractivity contribution in [2.75, 3.05) is 6.61 Å². The second kappa shape index (κ2) is 10.7. The molecule has 3 heterocycles. The predicted molar refractivity (Wildman–Crippen MR) is 136 cm³/mol. The highest BCUT2D eigenvalue weighted by Gasteiger charge is 2.44. The van der Waals surface area contributed by atoms with Gasteiger partial charge < -0.3 is 29.9 Å². The topological polar surface area (TPSA) is 195 Å². The zero-order valence-electron chi connectivity index (χ0n) is 20.7. The molecule has 0 amide bonds. The summed E-state index contributed by atoms with van der Waals surface area (Å²) in [5.74, 6) is 0.319. The number of nitrogens with zero attached hydrogens (tertiary/aromatic N) is 6. The molecule has 0 radical (unpaired) electrons. The lowest BCUT2D eigenvalue weighted by atomic mass is 9.99. The van der Waals surface area contributed by atoms with Crippen molar-refractivity contribution in [2.45, 2.75) is 37.6 Å². The van der Waals surface area contributed by atoms with E-state index in [1.807, 2.05) is 0 Å². The van der Waals surface area contributed by atoms with Crippen LogP contribution in [-0.2, 0) is 4.74 Å². The molecule has 4 aromatic rings. The van der Waals surface area contributed by atoms with Crippen LogP contribution in [0.2, 0.25) is 0 Å². The number of hydrogen-bond acceptors (Lipinski definition) is 11. The van der Waals surface area contributed by atoms with Crippen LogP contribution in [0.4, 0.5) is 0 Å². The van der Waals surface area contributed by atoms with E-state index >= 15 is 0 Å². The molecule has 1 fully saturated rings. The fourth-order valence-corrected chi connectivity index (χ4v) is 4.20. The maximum atomic E-state index is 10.1. The number of benzene rings is 2. The molecule has 0 aliphatic carbocycles. The van der Waals surface area contributed by atoms with Crippen LogP contribution < -0.4 is 10.2 Å². The molecule has 2 aromatic carbocycles. The van der Waals surface area contributed by atoms with E-state index in [4.69, 9.17) is 20.1 Å². The molecular weight excluding hydrogens is 506 g/mol. The lowest BCUT2D eigenvalue weighted by molar-refractivity contribution is -0.277. The Morgan fingerprint density at radius 2 is 1.82 bits per heavy atom. The van der Waals surface area contributed by atoms with Crippen molar-refractivity contribution >= 4 is 17.2 Å². The molecule has 0 bridgehead atoms. The lowest BCUT2D eigenvalue weighted by Gasteiger charge is -2.39. The number of rotatable bonds is 6. The molecule has 1 aliphatic rings. The zero-order valence-corrected chi connectivity index (χ0v) is 20.7. The highest BCUT2D eigenvalue weighted by Crippen LogP contribution is 2.24. The van der Waals surface area contributed by atoms with Gasteiger partial charge in [0.15, 0.2) is 11.1 Å². The van der Waals surface area contributed by atoms with E-state index in [9.17, 15) is 20.4 Å². The molecule has 0 spiro atoms. The van der Waals surface area contributed by atoms with Crippen LogP contribution in [-0.4, -0.2) is 83.4 Å². The first-order valence-corrected chi connectivity index (χ1v) is 11.9. The van der Waals surface area contributed by atoms with Gasteiger partial charge in [-0.15, -0.1) is 0 Å². The van der Waals surface area contributed by atoms with Gasteiger partial charge in [0, 0.05) is 0 Å². The number of nitrogens with one attached hydrogen (secondary N) is 1. The number of fused-ring (bicyclic) bond motifs is 1. The summed E-state index contributed by atoms with van der Waals surface area (Å²) in [7, 11) is 0. The van der Waals surface area contributed by atoms with Crippen LogP contribution >= 0.6 is 0 Å². The van der Waals surface area contributed by atoms with Gasteiger partial charge in [-0.3, -0.25) is 5.41 Å². The monoisotopic (exact) mass is 531 g/mol. The van der Waals surface area contributed by atoms with E-state index in [1.54, 1.807) is 60.1 Å². The second-order valence-corrected chi connectivity index (χ2v) is 8.92. The number of aliphatic hydroxyl groups is 4. The van der Waals surface area contributed by atoms with Crippen molar-refractivity contribution in [3.05, 3.63) is 77.2 Å². The lowest BCUT2D eigenvalue weighted by Crippen LogP contribution is -2.60. The quantitative estimate of drug-likeness (QED) is 0.212. The third kappa shape index (κ3) is 5.02.